The zero-order valence-electron chi connectivity index (χ0n) is 6.28. The van der Waals surface area contributed by atoms with E-state index in [2.05, 4.69) is 0 Å². The third kappa shape index (κ3) is 27.5. The van der Waals surface area contributed by atoms with E-state index in [0.717, 1.165) is 12.7 Å². The van der Waals surface area contributed by atoms with Crippen molar-refractivity contribution >= 4 is 12.7 Å². The van der Waals surface area contributed by atoms with Crippen LogP contribution in [0.4, 0.5) is 0 Å². The van der Waals surface area contributed by atoms with Crippen molar-refractivity contribution in [2.75, 3.05) is 7.05 Å². The van der Waals surface area contributed by atoms with Gasteiger partial charge in [0, 0.05) is 13.5 Å². The summed E-state index contributed by atoms with van der Waals surface area (Å²) in [5.74, 6) is 0. The van der Waals surface area contributed by atoms with Crippen LogP contribution in [0, 0.1) is 0 Å². The molecule has 0 bridgehead atoms. The van der Waals surface area contributed by atoms with E-state index in [9.17, 15) is 9.59 Å². The molecule has 0 rings (SSSR count). The summed E-state index contributed by atoms with van der Waals surface area (Å²) >= 11 is 0. The molecular formula is C6H13NO3. The molecule has 0 unspecified atom stereocenters. The van der Waals surface area contributed by atoms with Crippen molar-refractivity contribution in [3.05, 3.63) is 0 Å². The highest BCUT2D eigenvalue weighted by atomic mass is 16.5. The van der Waals surface area contributed by atoms with Crippen LogP contribution in [0.3, 0.4) is 0 Å². The minimum Gasteiger partial charge on any atom is -0.303 e. The largest absolute Gasteiger partial charge is 0.303 e. The monoisotopic (exact) mass is 147 g/mol. The number of hydrogen-bond donors (Lipinski definition) is 1. The van der Waals surface area contributed by atoms with Gasteiger partial charge in [0.15, 0.2) is 0 Å². The first kappa shape index (κ1) is 11.8. The van der Waals surface area contributed by atoms with E-state index < -0.39 is 0 Å². The predicted molar refractivity (Wildman–Crippen MR) is 36.6 cm³/mol. The Morgan fingerprint density at radius 2 is 1.90 bits per heavy atom. The molecule has 4 heteroatoms. The predicted octanol–water partition coefficient (Wildman–Crippen LogP) is 0.449. The topological polar surface area (TPSA) is 57.6 Å². The van der Waals surface area contributed by atoms with Gasteiger partial charge in [0.1, 0.15) is 6.29 Å². The second kappa shape index (κ2) is 11.0. The third-order valence-corrected chi connectivity index (χ3v) is 0.559. The number of carbonyl (C=O) groups excluding carboxylic acids is 2. The van der Waals surface area contributed by atoms with Crippen LogP contribution in [0.1, 0.15) is 19.8 Å². The van der Waals surface area contributed by atoms with Gasteiger partial charge < -0.3 is 4.79 Å². The summed E-state index contributed by atoms with van der Waals surface area (Å²) < 4.78 is 0. The molecule has 4 nitrogen and oxygen atoms in total. The lowest BCUT2D eigenvalue weighted by Gasteiger charge is -1.91. The Bertz CT molecular complexity index is 83.1. The quantitative estimate of drug-likeness (QED) is 0.358. The first-order chi connectivity index (χ1) is 4.68. The summed E-state index contributed by atoms with van der Waals surface area (Å²) in [7, 11) is 1.24. The van der Waals surface area contributed by atoms with Gasteiger partial charge in [-0.05, 0) is 6.42 Å². The Labute approximate surface area is 60.4 Å². The van der Waals surface area contributed by atoms with Gasteiger partial charge in [-0.15, -0.1) is 0 Å². The number of rotatable bonds is 3. The van der Waals surface area contributed by atoms with Crippen LogP contribution in [0.15, 0.2) is 0 Å². The Balaban J connectivity index is 0. The number of unbranched alkanes of at least 4 members (excludes halogenated alkanes) is 1. The molecule has 0 aromatic carbocycles. The number of hydrogen-bond acceptors (Lipinski definition) is 3. The van der Waals surface area contributed by atoms with Crippen LogP contribution in [0.2, 0.25) is 0 Å². The molecule has 0 atom stereocenters. The van der Waals surface area contributed by atoms with Crippen LogP contribution in [-0.4, -0.2) is 30.0 Å². The summed E-state index contributed by atoms with van der Waals surface area (Å²) in [6.45, 7) is 1.98. The molecule has 0 aliphatic carbocycles. The Kier molecular flexibility index (Phi) is 13.0. The van der Waals surface area contributed by atoms with Crippen LogP contribution in [0.5, 0.6) is 0 Å². The Morgan fingerprint density at radius 1 is 1.50 bits per heavy atom. The fraction of sp³-hybridized carbons (Fsp3) is 0.667. The maximum absolute atomic E-state index is 9.40. The molecule has 0 saturated heterocycles. The number of hydroxylamine groups is 2. The van der Waals surface area contributed by atoms with Crippen LogP contribution < -0.4 is 0 Å². The smallest absolute Gasteiger partial charge is 0.232 e. The zero-order chi connectivity index (χ0) is 8.41. The summed E-state index contributed by atoms with van der Waals surface area (Å²) in [5, 5.41) is 8.27. The first-order valence-corrected chi connectivity index (χ1v) is 2.99. The molecule has 0 heterocycles. The molecule has 0 aromatic rings. The van der Waals surface area contributed by atoms with Crippen LogP contribution >= 0.6 is 0 Å². The van der Waals surface area contributed by atoms with Crippen molar-refractivity contribution in [2.45, 2.75) is 19.8 Å². The molecule has 1 N–H and O–H groups in total. The standard InChI is InChI=1S/C4H8O.C2H5NO2/c1-2-3-4-5;1-3(5)2-4/h4H,2-3H2,1H3;2,5H,1H3. The first-order valence-electron chi connectivity index (χ1n) is 2.99. The van der Waals surface area contributed by atoms with Gasteiger partial charge in [-0.2, -0.15) is 0 Å². The van der Waals surface area contributed by atoms with Crippen LogP contribution in [0.25, 0.3) is 0 Å². The molecule has 0 saturated carbocycles. The van der Waals surface area contributed by atoms with E-state index in [1.54, 1.807) is 0 Å². The summed E-state index contributed by atoms with van der Waals surface area (Å²) in [5.41, 5.74) is 0. The maximum Gasteiger partial charge on any atom is 0.232 e. The SMILES string of the molecule is CCCC=O.CN(O)C=O. The molecule has 0 spiro atoms. The highest BCUT2D eigenvalue weighted by molar-refractivity contribution is 5.48. The molecule has 1 amide bonds. The number of nitrogens with zero attached hydrogens (tertiary/aromatic N) is 1. The third-order valence-electron chi connectivity index (χ3n) is 0.559. The van der Waals surface area contributed by atoms with E-state index in [-0.39, 0.29) is 0 Å². The summed E-state index contributed by atoms with van der Waals surface area (Å²) in [4.78, 5) is 18.6. The van der Waals surface area contributed by atoms with Crippen LogP contribution in [-0.2, 0) is 9.59 Å². The highest BCUT2D eigenvalue weighted by Gasteiger charge is 1.70. The van der Waals surface area contributed by atoms with Gasteiger partial charge in [-0.25, -0.2) is 5.06 Å². The molecule has 0 aliphatic heterocycles. The fourth-order valence-corrected chi connectivity index (χ4v) is 0.118. The number of carbonyl (C=O) groups is 2. The fourth-order valence-electron chi connectivity index (χ4n) is 0.118. The van der Waals surface area contributed by atoms with E-state index in [4.69, 9.17) is 5.21 Å². The molecular weight excluding hydrogens is 134 g/mol. The minimum absolute atomic E-state index is 0.306. The minimum atomic E-state index is 0.306. The zero-order valence-corrected chi connectivity index (χ0v) is 6.28. The van der Waals surface area contributed by atoms with Crippen molar-refractivity contribution in [2.24, 2.45) is 0 Å². The maximum atomic E-state index is 9.40. The van der Waals surface area contributed by atoms with E-state index >= 15 is 0 Å². The van der Waals surface area contributed by atoms with Crippen molar-refractivity contribution in [3.63, 3.8) is 0 Å². The average molecular weight is 147 g/mol. The lowest BCUT2D eigenvalue weighted by molar-refractivity contribution is -0.143. The number of aldehydes is 1. The van der Waals surface area contributed by atoms with Gasteiger partial charge in [-0.3, -0.25) is 10.0 Å². The van der Waals surface area contributed by atoms with E-state index in [0.29, 0.717) is 17.9 Å². The normalized spacial score (nSPS) is 7.10. The van der Waals surface area contributed by atoms with E-state index in [1.165, 1.54) is 7.05 Å². The van der Waals surface area contributed by atoms with Gasteiger partial charge in [-0.1, -0.05) is 6.92 Å². The highest BCUT2D eigenvalue weighted by Crippen LogP contribution is 1.74. The molecule has 0 radical (unpaired) electrons. The summed E-state index contributed by atoms with van der Waals surface area (Å²) in [6.07, 6.45) is 2.92. The Hall–Kier alpha value is -0.900. The molecule has 0 fully saturated rings. The molecule has 10 heavy (non-hydrogen) atoms. The van der Waals surface area contributed by atoms with Gasteiger partial charge in [0.25, 0.3) is 0 Å². The lowest BCUT2D eigenvalue weighted by Crippen LogP contribution is -2.07. The second-order valence-electron chi connectivity index (χ2n) is 1.63. The van der Waals surface area contributed by atoms with Gasteiger partial charge in [0.2, 0.25) is 6.41 Å². The van der Waals surface area contributed by atoms with Crippen molar-refractivity contribution < 1.29 is 14.8 Å². The van der Waals surface area contributed by atoms with E-state index in [1.807, 2.05) is 6.92 Å². The second-order valence-corrected chi connectivity index (χ2v) is 1.63. The van der Waals surface area contributed by atoms with Crippen molar-refractivity contribution in [3.8, 4) is 0 Å². The van der Waals surface area contributed by atoms with Crippen molar-refractivity contribution in [1.29, 1.82) is 0 Å². The molecule has 0 aliphatic rings. The summed E-state index contributed by atoms with van der Waals surface area (Å²) in [6, 6.07) is 0. The number of amides is 1. The van der Waals surface area contributed by atoms with Gasteiger partial charge >= 0.3 is 0 Å². The van der Waals surface area contributed by atoms with Gasteiger partial charge in [0.05, 0.1) is 0 Å². The Morgan fingerprint density at radius 3 is 1.90 bits per heavy atom. The van der Waals surface area contributed by atoms with Crippen molar-refractivity contribution in [1.82, 2.24) is 5.06 Å². The molecule has 60 valence electrons. The molecule has 0 aromatic heterocycles. The lowest BCUT2D eigenvalue weighted by atomic mass is 10.4. The average Bonchev–Trinajstić information content (AvgIpc) is 1.91.